The van der Waals surface area contributed by atoms with Crippen LogP contribution in [-0.4, -0.2) is 41.9 Å². The second kappa shape index (κ2) is 7.23. The third-order valence-corrected chi connectivity index (χ3v) is 4.90. The number of nitrogens with zero attached hydrogens (tertiary/aromatic N) is 3. The molecule has 2 aromatic carbocycles. The standard InChI is InChI=1S/C18H18BrN3O3/c1-13-12-14(19)2-7-17(13)18(23)21-10-8-20(9-11-21)15-3-5-16(6-4-15)22(24)25/h2-7,12H,8-11H2,1H3. The zero-order chi connectivity index (χ0) is 18.0. The minimum atomic E-state index is -0.402. The van der Waals surface area contributed by atoms with E-state index in [-0.39, 0.29) is 11.6 Å². The van der Waals surface area contributed by atoms with E-state index in [1.54, 1.807) is 12.1 Å². The molecule has 1 saturated heterocycles. The number of hydrogen-bond acceptors (Lipinski definition) is 4. The van der Waals surface area contributed by atoms with E-state index in [0.29, 0.717) is 26.2 Å². The number of amides is 1. The Morgan fingerprint density at radius 3 is 2.28 bits per heavy atom. The van der Waals surface area contributed by atoms with Crippen molar-refractivity contribution in [3.8, 4) is 0 Å². The smallest absolute Gasteiger partial charge is 0.269 e. The fraction of sp³-hybridized carbons (Fsp3) is 0.278. The van der Waals surface area contributed by atoms with Gasteiger partial charge in [0.25, 0.3) is 11.6 Å². The first-order valence-corrected chi connectivity index (χ1v) is 8.80. The molecule has 1 heterocycles. The fourth-order valence-electron chi connectivity index (χ4n) is 2.99. The average Bonchev–Trinajstić information content (AvgIpc) is 2.61. The molecule has 1 aliphatic heterocycles. The van der Waals surface area contributed by atoms with Gasteiger partial charge in [-0.2, -0.15) is 0 Å². The predicted molar refractivity (Wildman–Crippen MR) is 100 cm³/mol. The summed E-state index contributed by atoms with van der Waals surface area (Å²) in [7, 11) is 0. The molecule has 1 fully saturated rings. The number of carbonyl (C=O) groups excluding carboxylic acids is 1. The van der Waals surface area contributed by atoms with E-state index >= 15 is 0 Å². The van der Waals surface area contributed by atoms with Crippen molar-refractivity contribution < 1.29 is 9.72 Å². The molecule has 25 heavy (non-hydrogen) atoms. The summed E-state index contributed by atoms with van der Waals surface area (Å²) >= 11 is 3.42. The Morgan fingerprint density at radius 2 is 1.72 bits per heavy atom. The average molecular weight is 404 g/mol. The van der Waals surface area contributed by atoms with Crippen molar-refractivity contribution in [2.45, 2.75) is 6.92 Å². The van der Waals surface area contributed by atoms with Crippen LogP contribution in [0.15, 0.2) is 46.9 Å². The highest BCUT2D eigenvalue weighted by atomic mass is 79.9. The van der Waals surface area contributed by atoms with Crippen molar-refractivity contribution in [3.63, 3.8) is 0 Å². The molecule has 0 radical (unpaired) electrons. The van der Waals surface area contributed by atoms with Crippen molar-refractivity contribution >= 4 is 33.2 Å². The molecule has 6 nitrogen and oxygen atoms in total. The van der Waals surface area contributed by atoms with Gasteiger partial charge in [0.1, 0.15) is 0 Å². The predicted octanol–water partition coefficient (Wildman–Crippen LogP) is 3.63. The Morgan fingerprint density at radius 1 is 1.08 bits per heavy atom. The normalized spacial score (nSPS) is 14.5. The van der Waals surface area contributed by atoms with E-state index in [0.717, 1.165) is 21.3 Å². The largest absolute Gasteiger partial charge is 0.368 e. The van der Waals surface area contributed by atoms with Crippen LogP contribution in [0, 0.1) is 17.0 Å². The summed E-state index contributed by atoms with van der Waals surface area (Å²) in [5.74, 6) is 0.0494. The van der Waals surface area contributed by atoms with Crippen molar-refractivity contribution in [2.24, 2.45) is 0 Å². The number of piperazine rings is 1. The molecule has 1 amide bonds. The number of carbonyl (C=O) groups is 1. The first-order chi connectivity index (χ1) is 12.0. The van der Waals surface area contributed by atoms with Gasteiger partial charge in [-0.1, -0.05) is 15.9 Å². The zero-order valence-corrected chi connectivity index (χ0v) is 15.4. The number of anilines is 1. The van der Waals surface area contributed by atoms with Crippen molar-refractivity contribution in [3.05, 3.63) is 68.2 Å². The van der Waals surface area contributed by atoms with Crippen LogP contribution in [0.25, 0.3) is 0 Å². The SMILES string of the molecule is Cc1cc(Br)ccc1C(=O)N1CCN(c2ccc([N+](=O)[O-])cc2)CC1. The van der Waals surface area contributed by atoms with Crippen molar-refractivity contribution in [2.75, 3.05) is 31.1 Å². The topological polar surface area (TPSA) is 66.7 Å². The summed E-state index contributed by atoms with van der Waals surface area (Å²) in [5, 5.41) is 10.7. The van der Waals surface area contributed by atoms with Gasteiger partial charge in [0.05, 0.1) is 4.92 Å². The molecule has 130 valence electrons. The van der Waals surface area contributed by atoms with E-state index in [1.165, 1.54) is 12.1 Å². The number of hydrogen-bond donors (Lipinski definition) is 0. The third kappa shape index (κ3) is 3.82. The molecule has 0 saturated carbocycles. The Labute approximate surface area is 154 Å². The summed E-state index contributed by atoms with van der Waals surface area (Å²) < 4.78 is 0.963. The van der Waals surface area contributed by atoms with Crippen molar-refractivity contribution in [1.82, 2.24) is 4.90 Å². The van der Waals surface area contributed by atoms with Crippen LogP contribution in [0.3, 0.4) is 0 Å². The van der Waals surface area contributed by atoms with E-state index < -0.39 is 4.92 Å². The third-order valence-electron chi connectivity index (χ3n) is 4.41. The number of halogens is 1. The lowest BCUT2D eigenvalue weighted by molar-refractivity contribution is -0.384. The maximum absolute atomic E-state index is 12.7. The second-order valence-electron chi connectivity index (χ2n) is 6.01. The minimum Gasteiger partial charge on any atom is -0.368 e. The van der Waals surface area contributed by atoms with Crippen LogP contribution in [0.2, 0.25) is 0 Å². The van der Waals surface area contributed by atoms with Gasteiger partial charge in [0.15, 0.2) is 0 Å². The van der Waals surface area contributed by atoms with Gasteiger partial charge >= 0.3 is 0 Å². The molecule has 1 aliphatic rings. The lowest BCUT2D eigenvalue weighted by Gasteiger charge is -2.36. The molecule has 0 N–H and O–H groups in total. The number of non-ortho nitro benzene ring substituents is 1. The van der Waals surface area contributed by atoms with Gasteiger partial charge in [-0.05, 0) is 42.8 Å². The molecule has 0 spiro atoms. The number of aryl methyl sites for hydroxylation is 1. The Kier molecular flexibility index (Phi) is 5.03. The summed E-state index contributed by atoms with van der Waals surface area (Å²) in [5.41, 5.74) is 2.71. The summed E-state index contributed by atoms with van der Waals surface area (Å²) in [6.45, 7) is 4.61. The second-order valence-corrected chi connectivity index (χ2v) is 6.93. The molecule has 0 bridgehead atoms. The number of rotatable bonds is 3. The van der Waals surface area contributed by atoms with Gasteiger partial charge in [0, 0.05) is 54.0 Å². The Balaban J connectivity index is 1.65. The van der Waals surface area contributed by atoms with Crippen LogP contribution >= 0.6 is 15.9 Å². The molecule has 3 rings (SSSR count). The quantitative estimate of drug-likeness (QED) is 0.579. The number of nitro benzene ring substituents is 1. The highest BCUT2D eigenvalue weighted by Gasteiger charge is 2.23. The van der Waals surface area contributed by atoms with Crippen LogP contribution < -0.4 is 4.90 Å². The summed E-state index contributed by atoms with van der Waals surface area (Å²) in [6.07, 6.45) is 0. The first-order valence-electron chi connectivity index (χ1n) is 8.00. The molecular formula is C18H18BrN3O3. The van der Waals surface area contributed by atoms with Crippen LogP contribution in [0.5, 0.6) is 0 Å². The lowest BCUT2D eigenvalue weighted by Crippen LogP contribution is -2.48. The molecule has 0 atom stereocenters. The first kappa shape index (κ1) is 17.4. The molecule has 2 aromatic rings. The summed E-state index contributed by atoms with van der Waals surface area (Å²) in [4.78, 5) is 27.0. The van der Waals surface area contributed by atoms with Crippen LogP contribution in [0.4, 0.5) is 11.4 Å². The van der Waals surface area contributed by atoms with Gasteiger partial charge in [-0.15, -0.1) is 0 Å². The highest BCUT2D eigenvalue weighted by molar-refractivity contribution is 9.10. The maximum Gasteiger partial charge on any atom is 0.269 e. The molecule has 0 unspecified atom stereocenters. The Hall–Kier alpha value is -2.41. The number of benzene rings is 2. The molecule has 0 aromatic heterocycles. The van der Waals surface area contributed by atoms with Crippen molar-refractivity contribution in [1.29, 1.82) is 0 Å². The fourth-order valence-corrected chi connectivity index (χ4v) is 3.47. The van der Waals surface area contributed by atoms with Gasteiger partial charge < -0.3 is 9.80 Å². The minimum absolute atomic E-state index is 0.0494. The Bertz CT molecular complexity index is 800. The van der Waals surface area contributed by atoms with Gasteiger partial charge in [-0.25, -0.2) is 0 Å². The van der Waals surface area contributed by atoms with Gasteiger partial charge in [-0.3, -0.25) is 14.9 Å². The monoisotopic (exact) mass is 403 g/mol. The highest BCUT2D eigenvalue weighted by Crippen LogP contribution is 2.22. The van der Waals surface area contributed by atoms with Crippen LogP contribution in [0.1, 0.15) is 15.9 Å². The van der Waals surface area contributed by atoms with E-state index in [1.807, 2.05) is 30.0 Å². The molecule has 0 aliphatic carbocycles. The van der Waals surface area contributed by atoms with E-state index in [4.69, 9.17) is 0 Å². The van der Waals surface area contributed by atoms with Crippen LogP contribution in [-0.2, 0) is 0 Å². The number of nitro groups is 1. The van der Waals surface area contributed by atoms with Gasteiger partial charge in [0.2, 0.25) is 0 Å². The molecule has 7 heteroatoms. The van der Waals surface area contributed by atoms with E-state index in [2.05, 4.69) is 20.8 Å². The molecular weight excluding hydrogens is 386 g/mol. The summed E-state index contributed by atoms with van der Waals surface area (Å²) in [6, 6.07) is 12.2. The van der Waals surface area contributed by atoms with E-state index in [9.17, 15) is 14.9 Å². The lowest BCUT2D eigenvalue weighted by atomic mass is 10.1. The zero-order valence-electron chi connectivity index (χ0n) is 13.8. The maximum atomic E-state index is 12.7.